The van der Waals surface area contributed by atoms with E-state index < -0.39 is 132 Å². The molecule has 1 aromatic carbocycles. The van der Waals surface area contributed by atoms with Gasteiger partial charge in [0, 0.05) is 25.8 Å². The monoisotopic (exact) mass is 1510 g/mol. The van der Waals surface area contributed by atoms with Gasteiger partial charge in [-0.05, 0) is 191 Å². The van der Waals surface area contributed by atoms with Gasteiger partial charge in [0.1, 0.15) is 60.4 Å². The molecule has 1 heterocycles. The van der Waals surface area contributed by atoms with Crippen molar-refractivity contribution in [1.29, 1.82) is 0 Å². The van der Waals surface area contributed by atoms with Gasteiger partial charge in [0.25, 0.3) is 0 Å². The number of benzene rings is 1. The molecule has 12 amide bonds. The zero-order chi connectivity index (χ0) is 79.2. The lowest BCUT2D eigenvalue weighted by atomic mass is 9.99. The van der Waals surface area contributed by atoms with Crippen molar-refractivity contribution in [2.24, 2.45) is 46.2 Å². The molecule has 29 heteroatoms. The summed E-state index contributed by atoms with van der Waals surface area (Å²) in [6, 6.07) is -4.69. The summed E-state index contributed by atoms with van der Waals surface area (Å²) in [5.74, 6) is -9.29. The van der Waals surface area contributed by atoms with Crippen LogP contribution >= 0.6 is 0 Å². The van der Waals surface area contributed by atoms with Gasteiger partial charge in [-0.1, -0.05) is 142 Å². The lowest BCUT2D eigenvalue weighted by Gasteiger charge is -2.30. The number of hydrogen-bond donors (Lipinski definition) is 17. The first-order valence-electron chi connectivity index (χ1n) is 40.5. The summed E-state index contributed by atoms with van der Waals surface area (Å²) in [4.78, 5) is 174. The number of nitrogens with two attached hydrogens (primary N) is 6. The second-order valence-corrected chi connectivity index (χ2v) is 29.8. The fourth-order valence-corrected chi connectivity index (χ4v) is 12.9. The summed E-state index contributed by atoms with van der Waals surface area (Å²) in [7, 11) is 0. The van der Waals surface area contributed by atoms with Gasteiger partial charge < -0.3 is 92.9 Å². The molecule has 1 aliphatic rings. The average Bonchev–Trinajstić information content (AvgIpc) is 0.857. The van der Waals surface area contributed by atoms with E-state index >= 15 is 14.4 Å². The van der Waals surface area contributed by atoms with Gasteiger partial charge in [-0.3, -0.25) is 57.5 Å². The molecule has 29 nitrogen and oxygen atoms in total. The topological polar surface area (TPSA) is 493 Å². The molecular formula is C78H141N17O12. The minimum atomic E-state index is -1.51. The molecule has 610 valence electrons. The van der Waals surface area contributed by atoms with E-state index in [0.717, 1.165) is 25.7 Å². The predicted molar refractivity (Wildman–Crippen MR) is 418 cm³/mol. The first-order valence-corrected chi connectivity index (χ1v) is 40.5. The van der Waals surface area contributed by atoms with Crippen LogP contribution in [0.4, 0.5) is 0 Å². The van der Waals surface area contributed by atoms with Crippen molar-refractivity contribution in [1.82, 2.24) is 58.5 Å². The molecule has 2 rings (SSSR count). The van der Waals surface area contributed by atoms with E-state index in [0.29, 0.717) is 89.0 Å². The maximum atomic E-state index is 15.2. The van der Waals surface area contributed by atoms with Crippen LogP contribution in [-0.4, -0.2) is 171 Å². The van der Waals surface area contributed by atoms with Gasteiger partial charge in [0.05, 0.1) is 0 Å². The highest BCUT2D eigenvalue weighted by Gasteiger charge is 2.38. The molecule has 1 saturated heterocycles. The third-order valence-electron chi connectivity index (χ3n) is 19.2. The third-order valence-corrected chi connectivity index (χ3v) is 19.2. The fraction of sp³-hybridized carbons (Fsp3) is 0.769. The Morgan fingerprint density at radius 2 is 0.589 bits per heavy atom. The smallest absolute Gasteiger partial charge is 0.243 e. The zero-order valence-electron chi connectivity index (χ0n) is 65.6. The van der Waals surface area contributed by atoms with E-state index in [9.17, 15) is 43.2 Å². The van der Waals surface area contributed by atoms with Crippen molar-refractivity contribution in [2.45, 2.75) is 333 Å². The van der Waals surface area contributed by atoms with Crippen LogP contribution in [0.15, 0.2) is 30.3 Å². The fourth-order valence-electron chi connectivity index (χ4n) is 12.9. The van der Waals surface area contributed by atoms with Crippen LogP contribution in [0, 0.1) is 11.8 Å². The molecule has 1 fully saturated rings. The Hall–Kier alpha value is -7.34. The Balaban J connectivity index is 2.89. The highest BCUT2D eigenvalue weighted by Crippen LogP contribution is 2.18. The van der Waals surface area contributed by atoms with Crippen molar-refractivity contribution in [3.05, 3.63) is 35.9 Å². The van der Waals surface area contributed by atoms with Crippen molar-refractivity contribution < 1.29 is 57.5 Å². The van der Waals surface area contributed by atoms with Crippen molar-refractivity contribution in [2.75, 3.05) is 39.3 Å². The van der Waals surface area contributed by atoms with E-state index in [1.165, 1.54) is 57.8 Å². The summed E-state index contributed by atoms with van der Waals surface area (Å²) in [5, 5.41) is 31.1. The van der Waals surface area contributed by atoms with Crippen LogP contribution in [0.3, 0.4) is 0 Å². The molecule has 1 aromatic rings. The quantitative estimate of drug-likeness (QED) is 0.0412. The molecule has 23 N–H and O–H groups in total. The van der Waals surface area contributed by atoms with Gasteiger partial charge in [0.15, 0.2) is 0 Å². The van der Waals surface area contributed by atoms with Gasteiger partial charge in [-0.25, -0.2) is 0 Å². The maximum absolute atomic E-state index is 15.2. The van der Waals surface area contributed by atoms with Crippen LogP contribution in [0.5, 0.6) is 0 Å². The summed E-state index contributed by atoms with van der Waals surface area (Å²) in [6.07, 6.45) is 19.7. The number of nitrogens with one attached hydrogen (secondary N) is 11. The van der Waals surface area contributed by atoms with E-state index in [1.54, 1.807) is 44.2 Å². The summed E-state index contributed by atoms with van der Waals surface area (Å²) < 4.78 is 0. The summed E-state index contributed by atoms with van der Waals surface area (Å²) in [5.41, 5.74) is 35.8. The van der Waals surface area contributed by atoms with Gasteiger partial charge in [-0.2, -0.15) is 0 Å². The van der Waals surface area contributed by atoms with Crippen molar-refractivity contribution in [3.8, 4) is 0 Å². The lowest BCUT2D eigenvalue weighted by molar-refractivity contribution is -0.137. The minimum Gasteiger partial charge on any atom is -0.370 e. The number of hydrogen-bond acceptors (Lipinski definition) is 17. The number of unbranched alkanes of at least 4 members (excludes halogenated alkanes) is 18. The van der Waals surface area contributed by atoms with Crippen molar-refractivity contribution in [3.63, 3.8) is 0 Å². The molecule has 0 bridgehead atoms. The Kier molecular flexibility index (Phi) is 52.5. The highest BCUT2D eigenvalue weighted by molar-refractivity contribution is 5.99. The second kappa shape index (κ2) is 58.7. The average molecular weight is 1510 g/mol. The van der Waals surface area contributed by atoms with E-state index in [4.69, 9.17) is 34.4 Å². The molecule has 0 saturated carbocycles. The predicted octanol–water partition coefficient (Wildman–Crippen LogP) is 3.86. The van der Waals surface area contributed by atoms with Gasteiger partial charge in [0.2, 0.25) is 70.9 Å². The minimum absolute atomic E-state index is 0.00356. The molecule has 1 aliphatic heterocycles. The first-order chi connectivity index (χ1) is 51.4. The number of primary amides is 1. The highest BCUT2D eigenvalue weighted by atomic mass is 16.2. The standard InChI is InChI=1S/C78H141N17O12/c1-6-7-8-9-10-11-12-13-14-15-16-17-21-42-68(97)85-50-33-27-41-62-74(103)95-66(53-56-34-19-18-20-35-56)78(107)91-59(38-24-30-47-81)71(100)87-61(40-26-32-49-83)73(102)94-65(52-55(4)5)77(106)92-63(43-44-67(84)96)75(104)89-57(36-22-28-45-79)69(98)86-60(39-25-31-48-82)72(101)93-64(51-54(2)3)76(105)90-58(70(99)88-62)37-23-29-46-80/h18-20,34-35,54-55,57-66H,6-17,21-33,36-53,79-83H2,1-5H3,(H2,84,96)(H,85,97)(H,86,98)(H,87,100)(H,88,99)(H,89,104)(H,90,105)(H,91,107)(H,92,106)(H,93,101)(H,94,102)(H,95,103)/t57-,58-,59-,60-,61-,62-,63-,64-,65-,66-/m0/s1. The van der Waals surface area contributed by atoms with Crippen LogP contribution in [0.2, 0.25) is 0 Å². The number of amides is 12. The Labute approximate surface area is 638 Å². The Morgan fingerprint density at radius 3 is 0.888 bits per heavy atom. The molecule has 0 unspecified atom stereocenters. The molecule has 0 spiro atoms. The normalized spacial score (nSPS) is 21.8. The zero-order valence-corrected chi connectivity index (χ0v) is 65.6. The van der Waals surface area contributed by atoms with Crippen LogP contribution in [0.1, 0.15) is 271 Å². The summed E-state index contributed by atoms with van der Waals surface area (Å²) >= 11 is 0. The second-order valence-electron chi connectivity index (χ2n) is 29.8. The van der Waals surface area contributed by atoms with Crippen LogP contribution in [-0.2, 0) is 64.0 Å². The van der Waals surface area contributed by atoms with Gasteiger partial charge in [-0.15, -0.1) is 0 Å². The largest absolute Gasteiger partial charge is 0.370 e. The maximum Gasteiger partial charge on any atom is 0.243 e. The molecule has 0 radical (unpaired) electrons. The number of rotatable bonds is 48. The van der Waals surface area contributed by atoms with Gasteiger partial charge >= 0.3 is 0 Å². The molecule has 10 atom stereocenters. The third kappa shape index (κ3) is 43.4. The number of carbonyl (C=O) groups is 12. The summed E-state index contributed by atoms with van der Waals surface area (Å²) in [6.45, 7) is 11.0. The van der Waals surface area contributed by atoms with E-state index in [-0.39, 0.29) is 121 Å². The van der Waals surface area contributed by atoms with E-state index in [1.807, 2.05) is 13.8 Å². The van der Waals surface area contributed by atoms with Crippen LogP contribution < -0.4 is 92.9 Å². The number of carbonyl (C=O) groups excluding carboxylic acids is 12. The SMILES string of the molecule is CCCCCCCCCCCCCCCC(=O)NCCCC[C@@H]1NC(=O)[C@H](CCCCN)NC(=O)[C@H](CC(C)C)NC(=O)[C@H](CCCCN)NC(=O)[C@H](CCCCN)NC(=O)[C@H](CCC(N)=O)NC(=O)[C@H](CC(C)C)NC(=O)[C@H](CCCCN)NC(=O)[C@H](CCCCN)NC(=O)[C@H](Cc2ccccc2)NC1=O. The Bertz CT molecular complexity index is 2750. The Morgan fingerprint density at radius 1 is 0.327 bits per heavy atom. The molecule has 107 heavy (non-hydrogen) atoms. The molecule has 0 aromatic heterocycles. The lowest BCUT2D eigenvalue weighted by Crippen LogP contribution is -2.61. The first kappa shape index (κ1) is 95.7. The van der Waals surface area contributed by atoms with E-state index in [2.05, 4.69) is 65.4 Å². The van der Waals surface area contributed by atoms with Crippen LogP contribution in [0.25, 0.3) is 0 Å². The molecular weight excluding hydrogens is 1370 g/mol. The molecule has 0 aliphatic carbocycles. The van der Waals surface area contributed by atoms with Crippen molar-refractivity contribution >= 4 is 70.9 Å².